The van der Waals surface area contributed by atoms with E-state index < -0.39 is 169 Å². The van der Waals surface area contributed by atoms with E-state index in [1.807, 2.05) is 0 Å². The number of aromatic hydroxyl groups is 4. The second kappa shape index (κ2) is 16.4. The molecule has 0 aliphatic carbocycles. The molecule has 3 aliphatic heterocycles. The van der Waals surface area contributed by atoms with Crippen LogP contribution in [-0.4, -0.2) is 189 Å². The Hall–Kier alpha value is -4.15. The Morgan fingerprint density at radius 1 is 0.536 bits per heavy atom. The zero-order chi connectivity index (χ0) is 40.9. The highest BCUT2D eigenvalue weighted by Gasteiger charge is 2.52. The van der Waals surface area contributed by atoms with E-state index in [0.29, 0.717) is 6.07 Å². The van der Waals surface area contributed by atoms with Crippen molar-refractivity contribution in [1.29, 1.82) is 0 Å². The van der Waals surface area contributed by atoms with Crippen LogP contribution in [0.4, 0.5) is 0 Å². The first-order valence-corrected chi connectivity index (χ1v) is 16.8. The molecule has 23 nitrogen and oxygen atoms in total. The van der Waals surface area contributed by atoms with Crippen molar-refractivity contribution >= 4 is 11.0 Å². The summed E-state index contributed by atoms with van der Waals surface area (Å²) in [6.07, 6.45) is -28.4. The summed E-state index contributed by atoms with van der Waals surface area (Å²) >= 11 is 0. The van der Waals surface area contributed by atoms with Crippen LogP contribution in [0.5, 0.6) is 34.5 Å². The molecular formula is C33H40O23. The highest BCUT2D eigenvalue weighted by Crippen LogP contribution is 2.45. The smallest absolute Gasteiger partial charge is 0.239 e. The predicted octanol–water partition coefficient (Wildman–Crippen LogP) is -5.54. The van der Waals surface area contributed by atoms with Crippen molar-refractivity contribution in [2.75, 3.05) is 19.8 Å². The summed E-state index contributed by atoms with van der Waals surface area (Å²) in [6.45, 7) is -2.72. The van der Waals surface area contributed by atoms with Gasteiger partial charge in [0.15, 0.2) is 41.0 Å². The van der Waals surface area contributed by atoms with E-state index in [9.17, 15) is 81.4 Å². The first-order chi connectivity index (χ1) is 26.5. The number of aliphatic hydroxyl groups excluding tert-OH is 11. The van der Waals surface area contributed by atoms with E-state index in [1.54, 1.807) is 0 Å². The van der Waals surface area contributed by atoms with Gasteiger partial charge in [-0.3, -0.25) is 4.79 Å². The molecule has 4 heterocycles. The first-order valence-electron chi connectivity index (χ1n) is 16.8. The Labute approximate surface area is 312 Å². The minimum absolute atomic E-state index is 0.280. The predicted molar refractivity (Wildman–Crippen MR) is 176 cm³/mol. The molecule has 1 aromatic heterocycles. The average Bonchev–Trinajstić information content (AvgIpc) is 3.17. The SMILES string of the molecule is O=c1c(OC2OC(CO)C(O)C(O)C2OC2OC(CO)C(O)C(O)C2O)c(-c2ccc(O)c(O)c2)oc2c(OC3OC(CO)C(O)C(O)C3O)c(O)cc(O)c12. The quantitative estimate of drug-likeness (QED) is 0.0850. The van der Waals surface area contributed by atoms with Crippen LogP contribution in [0.15, 0.2) is 33.5 Å². The lowest BCUT2D eigenvalue weighted by Crippen LogP contribution is -2.65. The number of phenols is 4. The van der Waals surface area contributed by atoms with Crippen molar-refractivity contribution < 1.29 is 109 Å². The van der Waals surface area contributed by atoms with Gasteiger partial charge in [0.05, 0.1) is 19.8 Å². The molecule has 0 amide bonds. The Kier molecular flexibility index (Phi) is 12.1. The van der Waals surface area contributed by atoms with E-state index in [1.165, 1.54) is 0 Å². The average molecular weight is 805 g/mol. The number of rotatable bonds is 10. The standard InChI is InChI=1S/C33H40O23/c34-5-13-17(41)21(45)24(48)31(50-13)54-27-12(40)4-11(39)16-20(44)29(26(53-28(16)27)8-1-2-9(37)10(38)3-8)55-33-30(23(47)19(43)15(7-36)52-33)56-32-25(49)22(46)18(42)14(6-35)51-32/h1-4,13-15,17-19,21-25,30-43,45-49H,5-7H2. The Morgan fingerprint density at radius 2 is 1.05 bits per heavy atom. The van der Waals surface area contributed by atoms with Gasteiger partial charge in [-0.15, -0.1) is 0 Å². The molecule has 15 atom stereocenters. The van der Waals surface area contributed by atoms with Crippen LogP contribution in [0, 0.1) is 0 Å². The van der Waals surface area contributed by atoms with E-state index in [-0.39, 0.29) is 5.56 Å². The maximum Gasteiger partial charge on any atom is 0.239 e. The topological polar surface area (TPSA) is 389 Å². The van der Waals surface area contributed by atoms with Gasteiger partial charge in [0.25, 0.3) is 0 Å². The maximum atomic E-state index is 14.4. The molecule has 310 valence electrons. The van der Waals surface area contributed by atoms with Crippen molar-refractivity contribution in [2.45, 2.75) is 92.1 Å². The van der Waals surface area contributed by atoms with Gasteiger partial charge in [-0.25, -0.2) is 0 Å². The van der Waals surface area contributed by atoms with Gasteiger partial charge >= 0.3 is 0 Å². The van der Waals surface area contributed by atoms with Crippen LogP contribution in [0.3, 0.4) is 0 Å². The van der Waals surface area contributed by atoms with Crippen molar-refractivity contribution in [2.24, 2.45) is 0 Å². The number of ether oxygens (including phenoxy) is 6. The van der Waals surface area contributed by atoms with E-state index in [4.69, 9.17) is 32.8 Å². The summed E-state index contributed by atoms with van der Waals surface area (Å²) in [5.41, 5.74) is -2.42. The summed E-state index contributed by atoms with van der Waals surface area (Å²) in [5, 5.41) is 154. The van der Waals surface area contributed by atoms with Gasteiger partial charge in [0.1, 0.15) is 78.3 Å². The Bertz CT molecular complexity index is 1920. The molecule has 3 aliphatic rings. The van der Waals surface area contributed by atoms with Gasteiger partial charge in [-0.2, -0.15) is 0 Å². The fourth-order valence-corrected chi connectivity index (χ4v) is 6.40. The largest absolute Gasteiger partial charge is 0.507 e. The lowest BCUT2D eigenvalue weighted by atomic mass is 9.97. The summed E-state index contributed by atoms with van der Waals surface area (Å²) in [7, 11) is 0. The number of aliphatic hydroxyl groups is 11. The monoisotopic (exact) mass is 804 g/mol. The number of hydrogen-bond donors (Lipinski definition) is 15. The van der Waals surface area contributed by atoms with E-state index >= 15 is 0 Å². The molecule has 6 rings (SSSR count). The minimum atomic E-state index is -2.12. The highest BCUT2D eigenvalue weighted by molar-refractivity contribution is 5.93. The number of benzene rings is 2. The molecule has 3 aromatic rings. The normalized spacial score (nSPS) is 36.4. The van der Waals surface area contributed by atoms with Crippen LogP contribution < -0.4 is 14.9 Å². The molecule has 3 saturated heterocycles. The lowest BCUT2D eigenvalue weighted by molar-refractivity contribution is -0.358. The number of fused-ring (bicyclic) bond motifs is 1. The third-order valence-corrected chi connectivity index (χ3v) is 9.56. The van der Waals surface area contributed by atoms with Crippen LogP contribution in [-0.2, 0) is 18.9 Å². The summed E-state index contributed by atoms with van der Waals surface area (Å²) in [4.78, 5) is 14.4. The third-order valence-electron chi connectivity index (χ3n) is 9.56. The van der Waals surface area contributed by atoms with Crippen molar-refractivity contribution in [1.82, 2.24) is 0 Å². The Balaban J connectivity index is 1.49. The van der Waals surface area contributed by atoms with Gasteiger partial charge in [0, 0.05) is 11.6 Å². The molecule has 15 unspecified atom stereocenters. The molecule has 0 bridgehead atoms. The third kappa shape index (κ3) is 7.39. The fourth-order valence-electron chi connectivity index (χ4n) is 6.40. The minimum Gasteiger partial charge on any atom is -0.507 e. The molecule has 2 aromatic carbocycles. The van der Waals surface area contributed by atoms with Crippen molar-refractivity contribution in [3.8, 4) is 45.8 Å². The zero-order valence-electron chi connectivity index (χ0n) is 28.6. The summed E-state index contributed by atoms with van der Waals surface area (Å²) < 4.78 is 39.4. The molecule has 0 spiro atoms. The maximum absolute atomic E-state index is 14.4. The molecule has 3 fully saturated rings. The zero-order valence-corrected chi connectivity index (χ0v) is 28.6. The molecular weight excluding hydrogens is 764 g/mol. The van der Waals surface area contributed by atoms with E-state index in [0.717, 1.165) is 18.2 Å². The lowest BCUT2D eigenvalue weighted by Gasteiger charge is -2.45. The molecule has 0 saturated carbocycles. The highest BCUT2D eigenvalue weighted by atomic mass is 16.8. The number of hydrogen-bond acceptors (Lipinski definition) is 23. The van der Waals surface area contributed by atoms with Crippen LogP contribution in [0.2, 0.25) is 0 Å². The van der Waals surface area contributed by atoms with Crippen molar-refractivity contribution in [3.05, 3.63) is 34.5 Å². The second-order valence-electron chi connectivity index (χ2n) is 13.2. The molecule has 0 radical (unpaired) electrons. The molecule has 56 heavy (non-hydrogen) atoms. The summed E-state index contributed by atoms with van der Waals surface area (Å²) in [6, 6.07) is 3.50. The van der Waals surface area contributed by atoms with Crippen LogP contribution in [0.25, 0.3) is 22.3 Å². The molecule has 23 heteroatoms. The first kappa shape index (κ1) is 41.5. The van der Waals surface area contributed by atoms with Crippen LogP contribution >= 0.6 is 0 Å². The number of phenolic OH excluding ortho intramolecular Hbond substituents is 4. The van der Waals surface area contributed by atoms with Gasteiger partial charge < -0.3 is 109 Å². The van der Waals surface area contributed by atoms with Gasteiger partial charge in [0.2, 0.25) is 29.5 Å². The van der Waals surface area contributed by atoms with Gasteiger partial charge in [-0.1, -0.05) is 0 Å². The van der Waals surface area contributed by atoms with Crippen molar-refractivity contribution in [3.63, 3.8) is 0 Å². The molecule has 15 N–H and O–H groups in total. The summed E-state index contributed by atoms with van der Waals surface area (Å²) in [5.74, 6) is -5.84. The second-order valence-corrected chi connectivity index (χ2v) is 13.2. The van der Waals surface area contributed by atoms with E-state index in [2.05, 4.69) is 0 Å². The van der Waals surface area contributed by atoms with Crippen LogP contribution in [0.1, 0.15) is 0 Å². The fraction of sp³-hybridized carbons (Fsp3) is 0.545. The Morgan fingerprint density at radius 3 is 1.62 bits per heavy atom. The van der Waals surface area contributed by atoms with Gasteiger partial charge in [-0.05, 0) is 18.2 Å².